The number of nitrogen functional groups attached to an aromatic ring is 1. The summed E-state index contributed by atoms with van der Waals surface area (Å²) in [5.74, 6) is -0.712. The normalized spacial score (nSPS) is 12.8. The van der Waals surface area contributed by atoms with Gasteiger partial charge in [-0.25, -0.2) is 0 Å². The molecule has 13 heavy (non-hydrogen) atoms. The van der Waals surface area contributed by atoms with Crippen LogP contribution in [0.4, 0.5) is 5.69 Å². The zero-order valence-electron chi connectivity index (χ0n) is 7.70. The van der Waals surface area contributed by atoms with Crippen LogP contribution in [0.2, 0.25) is 0 Å². The van der Waals surface area contributed by atoms with Crippen LogP contribution in [0, 0.1) is 6.92 Å². The fraction of sp³-hybridized carbons (Fsp3) is 0.444. The molecule has 0 aliphatic heterocycles. The predicted molar refractivity (Wildman–Crippen MR) is 54.1 cm³/mol. The van der Waals surface area contributed by atoms with Gasteiger partial charge in [-0.15, -0.1) is 11.3 Å². The van der Waals surface area contributed by atoms with Gasteiger partial charge in [0.25, 0.3) is 0 Å². The minimum Gasteiger partial charge on any atom is -0.481 e. The Kier molecular flexibility index (Phi) is 2.93. The van der Waals surface area contributed by atoms with Crippen LogP contribution in [-0.4, -0.2) is 11.1 Å². The maximum atomic E-state index is 10.4. The Morgan fingerprint density at radius 2 is 2.38 bits per heavy atom. The molecule has 0 amide bonds. The highest BCUT2D eigenvalue weighted by Crippen LogP contribution is 2.31. The summed E-state index contributed by atoms with van der Waals surface area (Å²) in [5.41, 5.74) is 6.43. The summed E-state index contributed by atoms with van der Waals surface area (Å²) >= 11 is 1.58. The quantitative estimate of drug-likeness (QED) is 0.784. The van der Waals surface area contributed by atoms with E-state index >= 15 is 0 Å². The van der Waals surface area contributed by atoms with Crippen molar-refractivity contribution in [3.8, 4) is 0 Å². The summed E-state index contributed by atoms with van der Waals surface area (Å²) in [6, 6.07) is 1.87. The molecule has 0 saturated carbocycles. The van der Waals surface area contributed by atoms with Gasteiger partial charge in [-0.3, -0.25) is 4.79 Å². The molecule has 3 nitrogen and oxygen atoms in total. The van der Waals surface area contributed by atoms with E-state index in [1.165, 1.54) is 0 Å². The van der Waals surface area contributed by atoms with Crippen molar-refractivity contribution in [2.45, 2.75) is 26.2 Å². The Balaban J connectivity index is 2.77. The molecule has 72 valence electrons. The number of anilines is 1. The van der Waals surface area contributed by atoms with E-state index in [9.17, 15) is 4.79 Å². The number of thiophene rings is 1. The van der Waals surface area contributed by atoms with E-state index in [-0.39, 0.29) is 12.3 Å². The predicted octanol–water partition coefficient (Wildman–Crippen LogP) is 2.22. The largest absolute Gasteiger partial charge is 0.481 e. The van der Waals surface area contributed by atoms with E-state index < -0.39 is 5.97 Å². The summed E-state index contributed by atoms with van der Waals surface area (Å²) in [6.45, 7) is 3.84. The number of carboxylic acids is 1. The molecule has 3 N–H and O–H groups in total. The molecule has 1 unspecified atom stereocenters. The average molecular weight is 199 g/mol. The Labute approximate surface area is 81.2 Å². The van der Waals surface area contributed by atoms with Crippen LogP contribution in [0.15, 0.2) is 6.07 Å². The highest BCUT2D eigenvalue weighted by molar-refractivity contribution is 7.12. The summed E-state index contributed by atoms with van der Waals surface area (Å²) in [6.07, 6.45) is 0.166. The highest BCUT2D eigenvalue weighted by atomic mass is 32.1. The number of carbonyl (C=O) groups is 1. The third kappa shape index (κ3) is 2.45. The van der Waals surface area contributed by atoms with Gasteiger partial charge in [-0.2, -0.15) is 0 Å². The van der Waals surface area contributed by atoms with Gasteiger partial charge < -0.3 is 10.8 Å². The van der Waals surface area contributed by atoms with Crippen LogP contribution in [0.1, 0.15) is 29.0 Å². The van der Waals surface area contributed by atoms with Crippen LogP contribution in [-0.2, 0) is 4.79 Å². The molecule has 0 fully saturated rings. The molecule has 1 aromatic rings. The van der Waals surface area contributed by atoms with Crippen LogP contribution in [0.3, 0.4) is 0 Å². The lowest BCUT2D eigenvalue weighted by Crippen LogP contribution is -2.00. The Morgan fingerprint density at radius 3 is 2.77 bits per heavy atom. The number of aliphatic carboxylic acids is 1. The summed E-state index contributed by atoms with van der Waals surface area (Å²) < 4.78 is 0. The third-order valence-electron chi connectivity index (χ3n) is 1.94. The number of carboxylic acid groups (broad SMARTS) is 1. The van der Waals surface area contributed by atoms with Crippen molar-refractivity contribution in [1.29, 1.82) is 0 Å². The van der Waals surface area contributed by atoms with Crippen LogP contribution < -0.4 is 5.73 Å². The Hall–Kier alpha value is -1.03. The van der Waals surface area contributed by atoms with Gasteiger partial charge in [0.15, 0.2) is 0 Å². The maximum absolute atomic E-state index is 10.4. The Bertz CT molecular complexity index is 300. The monoisotopic (exact) mass is 199 g/mol. The van der Waals surface area contributed by atoms with E-state index in [0.717, 1.165) is 15.4 Å². The summed E-state index contributed by atoms with van der Waals surface area (Å²) in [7, 11) is 0. The molecule has 0 radical (unpaired) electrons. The van der Waals surface area contributed by atoms with Gasteiger partial charge in [-0.05, 0) is 13.0 Å². The minimum atomic E-state index is -0.767. The summed E-state index contributed by atoms with van der Waals surface area (Å²) in [4.78, 5) is 12.6. The first-order valence-electron chi connectivity index (χ1n) is 4.08. The topological polar surface area (TPSA) is 63.3 Å². The highest BCUT2D eigenvalue weighted by Gasteiger charge is 2.13. The molecule has 0 aliphatic carbocycles. The molecule has 0 aliphatic rings. The molecular formula is C9H13NO2S. The van der Waals surface area contributed by atoms with E-state index in [1.807, 2.05) is 19.9 Å². The van der Waals surface area contributed by atoms with Gasteiger partial charge in [0.1, 0.15) is 0 Å². The van der Waals surface area contributed by atoms with E-state index in [1.54, 1.807) is 11.3 Å². The third-order valence-corrected chi connectivity index (χ3v) is 3.24. The van der Waals surface area contributed by atoms with Crippen LogP contribution >= 0.6 is 11.3 Å². The van der Waals surface area contributed by atoms with Gasteiger partial charge in [-0.1, -0.05) is 6.92 Å². The lowest BCUT2D eigenvalue weighted by Gasteiger charge is -2.03. The second kappa shape index (κ2) is 3.79. The first-order valence-corrected chi connectivity index (χ1v) is 4.90. The average Bonchev–Trinajstić information content (AvgIpc) is 2.31. The number of hydrogen-bond donors (Lipinski definition) is 2. The lowest BCUT2D eigenvalue weighted by atomic mass is 10.1. The van der Waals surface area contributed by atoms with E-state index in [0.29, 0.717) is 0 Å². The first-order chi connectivity index (χ1) is 6.00. The second-order valence-corrected chi connectivity index (χ2v) is 4.45. The molecule has 0 spiro atoms. The number of nitrogens with two attached hydrogens (primary N) is 1. The number of aryl methyl sites for hydroxylation is 1. The van der Waals surface area contributed by atoms with Crippen LogP contribution in [0.25, 0.3) is 0 Å². The molecular weight excluding hydrogens is 186 g/mol. The first kappa shape index (κ1) is 10.1. The molecule has 0 saturated heterocycles. The van der Waals surface area contributed by atoms with Crippen LogP contribution in [0.5, 0.6) is 0 Å². The Morgan fingerprint density at radius 1 is 1.77 bits per heavy atom. The van der Waals surface area contributed by atoms with E-state index in [4.69, 9.17) is 10.8 Å². The molecule has 1 heterocycles. The van der Waals surface area contributed by atoms with Crippen molar-refractivity contribution in [3.63, 3.8) is 0 Å². The minimum absolute atomic E-state index is 0.0542. The van der Waals surface area contributed by atoms with Crippen molar-refractivity contribution in [2.75, 3.05) is 5.73 Å². The zero-order valence-corrected chi connectivity index (χ0v) is 8.52. The van der Waals surface area contributed by atoms with Crippen molar-refractivity contribution >= 4 is 23.0 Å². The standard InChI is InChI=1S/C9H13NO2S/c1-5(3-9(11)12)8-4-7(10)6(2)13-8/h4-5H,3,10H2,1-2H3,(H,11,12). The smallest absolute Gasteiger partial charge is 0.303 e. The van der Waals surface area contributed by atoms with Crippen molar-refractivity contribution < 1.29 is 9.90 Å². The number of rotatable bonds is 3. The molecule has 4 heteroatoms. The van der Waals surface area contributed by atoms with Crippen molar-refractivity contribution in [3.05, 3.63) is 15.8 Å². The lowest BCUT2D eigenvalue weighted by molar-refractivity contribution is -0.137. The molecule has 1 aromatic heterocycles. The molecule has 0 aromatic carbocycles. The molecule has 1 atom stereocenters. The van der Waals surface area contributed by atoms with Gasteiger partial charge in [0.2, 0.25) is 0 Å². The van der Waals surface area contributed by atoms with Gasteiger partial charge in [0, 0.05) is 21.4 Å². The SMILES string of the molecule is Cc1sc(C(C)CC(=O)O)cc1N. The molecule has 1 rings (SSSR count). The van der Waals surface area contributed by atoms with E-state index in [2.05, 4.69) is 0 Å². The fourth-order valence-electron chi connectivity index (χ4n) is 1.13. The fourth-order valence-corrected chi connectivity index (χ4v) is 2.13. The van der Waals surface area contributed by atoms with Gasteiger partial charge in [0.05, 0.1) is 6.42 Å². The number of hydrogen-bond acceptors (Lipinski definition) is 3. The maximum Gasteiger partial charge on any atom is 0.303 e. The van der Waals surface area contributed by atoms with Crippen molar-refractivity contribution in [1.82, 2.24) is 0 Å². The molecule has 0 bridgehead atoms. The second-order valence-electron chi connectivity index (χ2n) is 3.16. The summed E-state index contributed by atoms with van der Waals surface area (Å²) in [5, 5.41) is 8.59. The van der Waals surface area contributed by atoms with Crippen molar-refractivity contribution in [2.24, 2.45) is 0 Å². The zero-order chi connectivity index (χ0) is 10.0. The van der Waals surface area contributed by atoms with Gasteiger partial charge >= 0.3 is 5.97 Å².